The summed E-state index contributed by atoms with van der Waals surface area (Å²) < 4.78 is 3.08. The van der Waals surface area contributed by atoms with Gasteiger partial charge in [0.05, 0.1) is 11.9 Å². The van der Waals surface area contributed by atoms with Crippen molar-refractivity contribution < 1.29 is 14.7 Å². The Hall–Kier alpha value is -2.64. The van der Waals surface area contributed by atoms with E-state index in [4.69, 9.17) is 5.11 Å². The lowest BCUT2D eigenvalue weighted by Crippen LogP contribution is -2.29. The van der Waals surface area contributed by atoms with Gasteiger partial charge in [-0.2, -0.15) is 10.2 Å². The number of carboxylic acid groups (broad SMARTS) is 1. The summed E-state index contributed by atoms with van der Waals surface area (Å²) in [5, 5.41) is 17.3. The Labute approximate surface area is 127 Å². The fraction of sp³-hybridized carbons (Fsp3) is 0.429. The highest BCUT2D eigenvalue weighted by Crippen LogP contribution is 2.14. The number of carboxylic acids is 1. The molecule has 0 aliphatic rings. The third kappa shape index (κ3) is 2.85. The fourth-order valence-corrected chi connectivity index (χ4v) is 2.23. The number of hydrogen-bond acceptors (Lipinski definition) is 4. The van der Waals surface area contributed by atoms with Crippen LogP contribution in [0.25, 0.3) is 0 Å². The highest BCUT2D eigenvalue weighted by atomic mass is 16.4. The Bertz CT molecular complexity index is 716. The van der Waals surface area contributed by atoms with E-state index >= 15 is 0 Å². The van der Waals surface area contributed by atoms with E-state index < -0.39 is 5.97 Å². The lowest BCUT2D eigenvalue weighted by molar-refractivity contribution is 0.0678. The fourth-order valence-electron chi connectivity index (χ4n) is 2.23. The van der Waals surface area contributed by atoms with Crippen molar-refractivity contribution in [1.82, 2.24) is 24.5 Å². The molecule has 0 aromatic carbocycles. The number of rotatable bonds is 5. The summed E-state index contributed by atoms with van der Waals surface area (Å²) in [6, 6.07) is 0. The van der Waals surface area contributed by atoms with Crippen molar-refractivity contribution in [2.45, 2.75) is 26.9 Å². The molecule has 118 valence electrons. The van der Waals surface area contributed by atoms with Gasteiger partial charge in [0.25, 0.3) is 5.91 Å². The zero-order valence-corrected chi connectivity index (χ0v) is 13.1. The van der Waals surface area contributed by atoms with Crippen LogP contribution >= 0.6 is 0 Å². The first-order valence-electron chi connectivity index (χ1n) is 6.88. The molecule has 0 aliphatic carbocycles. The van der Waals surface area contributed by atoms with Crippen LogP contribution in [0.1, 0.15) is 39.0 Å². The van der Waals surface area contributed by atoms with Crippen LogP contribution in [0, 0.1) is 6.92 Å². The molecule has 8 heteroatoms. The van der Waals surface area contributed by atoms with Crippen LogP contribution in [0.2, 0.25) is 0 Å². The van der Waals surface area contributed by atoms with E-state index in [1.54, 1.807) is 18.8 Å². The number of aryl methyl sites for hydroxylation is 3. The predicted octanol–water partition coefficient (Wildman–Crippen LogP) is 0.915. The Kier molecular flexibility index (Phi) is 4.30. The number of aromatic nitrogens is 4. The predicted molar refractivity (Wildman–Crippen MR) is 78.6 cm³/mol. The zero-order chi connectivity index (χ0) is 16.4. The molecule has 0 unspecified atom stereocenters. The average Bonchev–Trinajstić information content (AvgIpc) is 3.01. The highest BCUT2D eigenvalue weighted by molar-refractivity contribution is 6.03. The van der Waals surface area contributed by atoms with Crippen molar-refractivity contribution in [2.75, 3.05) is 7.05 Å². The van der Waals surface area contributed by atoms with Crippen LogP contribution in [0.4, 0.5) is 0 Å². The molecule has 0 spiro atoms. The number of hydrogen-bond donors (Lipinski definition) is 1. The normalized spacial score (nSPS) is 10.7. The van der Waals surface area contributed by atoms with Gasteiger partial charge in [-0.1, -0.05) is 0 Å². The number of carbonyl (C=O) groups excluding carboxylic acids is 1. The van der Waals surface area contributed by atoms with Crippen LogP contribution in [0.5, 0.6) is 0 Å². The Morgan fingerprint density at radius 2 is 2.09 bits per heavy atom. The topological polar surface area (TPSA) is 93.3 Å². The number of nitrogens with zero attached hydrogens (tertiary/aromatic N) is 5. The summed E-state index contributed by atoms with van der Waals surface area (Å²) in [6.07, 6.45) is 3.07. The van der Waals surface area contributed by atoms with Crippen molar-refractivity contribution in [3.63, 3.8) is 0 Å². The van der Waals surface area contributed by atoms with Gasteiger partial charge in [-0.15, -0.1) is 0 Å². The first-order chi connectivity index (χ1) is 10.3. The van der Waals surface area contributed by atoms with Crippen molar-refractivity contribution in [2.24, 2.45) is 7.05 Å². The van der Waals surface area contributed by atoms with Gasteiger partial charge in [-0.25, -0.2) is 4.79 Å². The van der Waals surface area contributed by atoms with Crippen LogP contribution in [-0.4, -0.2) is 48.5 Å². The first-order valence-corrected chi connectivity index (χ1v) is 6.88. The highest BCUT2D eigenvalue weighted by Gasteiger charge is 2.24. The first kappa shape index (κ1) is 15.7. The molecule has 0 fully saturated rings. The molecule has 1 amide bonds. The van der Waals surface area contributed by atoms with Gasteiger partial charge in [-0.3, -0.25) is 14.2 Å². The molecule has 22 heavy (non-hydrogen) atoms. The summed E-state index contributed by atoms with van der Waals surface area (Å²) in [5.41, 5.74) is 1.75. The molecule has 2 aromatic rings. The van der Waals surface area contributed by atoms with E-state index in [1.165, 1.54) is 15.8 Å². The Balaban J connectivity index is 2.24. The second kappa shape index (κ2) is 6.00. The maximum atomic E-state index is 12.5. The molecule has 0 saturated carbocycles. The second-order valence-electron chi connectivity index (χ2n) is 5.09. The molecule has 0 radical (unpaired) electrons. The quantitative estimate of drug-likeness (QED) is 0.886. The van der Waals surface area contributed by atoms with E-state index in [2.05, 4.69) is 10.2 Å². The third-order valence-electron chi connectivity index (χ3n) is 3.50. The number of carbonyl (C=O) groups is 2. The van der Waals surface area contributed by atoms with Crippen molar-refractivity contribution in [3.05, 3.63) is 34.9 Å². The third-order valence-corrected chi connectivity index (χ3v) is 3.50. The van der Waals surface area contributed by atoms with Crippen LogP contribution in [0.15, 0.2) is 12.4 Å². The summed E-state index contributed by atoms with van der Waals surface area (Å²) in [4.78, 5) is 25.2. The van der Waals surface area contributed by atoms with Gasteiger partial charge < -0.3 is 10.0 Å². The molecule has 1 N–H and O–H groups in total. The minimum absolute atomic E-state index is 0.0653. The number of aromatic carboxylic acids is 1. The summed E-state index contributed by atoms with van der Waals surface area (Å²) >= 11 is 0. The van der Waals surface area contributed by atoms with E-state index in [-0.39, 0.29) is 17.2 Å². The Morgan fingerprint density at radius 1 is 1.41 bits per heavy atom. The molecular weight excluding hydrogens is 286 g/mol. The SMILES string of the molecule is CCn1cc(CN(C)C(=O)c2c(C(=O)O)cnn2C)c(C)n1. The molecule has 2 heterocycles. The molecule has 0 aliphatic heterocycles. The molecule has 8 nitrogen and oxygen atoms in total. The molecule has 0 saturated heterocycles. The maximum absolute atomic E-state index is 12.5. The van der Waals surface area contributed by atoms with Crippen molar-refractivity contribution >= 4 is 11.9 Å². The zero-order valence-electron chi connectivity index (χ0n) is 13.1. The standard InChI is InChI=1S/C14H19N5O3/c1-5-19-8-10(9(2)16-19)7-17(3)13(20)12-11(14(21)22)6-15-18(12)4/h6,8H,5,7H2,1-4H3,(H,21,22). The van der Waals surface area contributed by atoms with Gasteiger partial charge in [-0.05, 0) is 13.8 Å². The minimum Gasteiger partial charge on any atom is -0.478 e. The van der Waals surface area contributed by atoms with Crippen molar-refractivity contribution in [1.29, 1.82) is 0 Å². The van der Waals surface area contributed by atoms with Gasteiger partial charge in [0.2, 0.25) is 0 Å². The summed E-state index contributed by atoms with van der Waals surface area (Å²) in [6.45, 7) is 4.98. The number of amides is 1. The van der Waals surface area contributed by atoms with Gasteiger partial charge in [0.15, 0.2) is 0 Å². The Morgan fingerprint density at radius 3 is 2.64 bits per heavy atom. The van der Waals surface area contributed by atoms with Crippen LogP contribution < -0.4 is 0 Å². The lowest BCUT2D eigenvalue weighted by atomic mass is 10.2. The second-order valence-corrected chi connectivity index (χ2v) is 5.09. The molecule has 2 aromatic heterocycles. The molecule has 0 bridgehead atoms. The van der Waals surface area contributed by atoms with Gasteiger partial charge >= 0.3 is 5.97 Å². The molecular formula is C14H19N5O3. The summed E-state index contributed by atoms with van der Waals surface area (Å²) in [7, 11) is 3.18. The summed E-state index contributed by atoms with van der Waals surface area (Å²) in [5.74, 6) is -1.55. The minimum atomic E-state index is -1.17. The van der Waals surface area contributed by atoms with Crippen LogP contribution in [0.3, 0.4) is 0 Å². The van der Waals surface area contributed by atoms with Crippen molar-refractivity contribution in [3.8, 4) is 0 Å². The average molecular weight is 305 g/mol. The molecule has 0 atom stereocenters. The smallest absolute Gasteiger partial charge is 0.339 e. The monoisotopic (exact) mass is 305 g/mol. The lowest BCUT2D eigenvalue weighted by Gasteiger charge is -2.17. The maximum Gasteiger partial charge on any atom is 0.339 e. The van der Waals surface area contributed by atoms with Gasteiger partial charge in [0, 0.05) is 38.9 Å². The van der Waals surface area contributed by atoms with E-state index in [0.717, 1.165) is 17.8 Å². The van der Waals surface area contributed by atoms with Gasteiger partial charge in [0.1, 0.15) is 11.3 Å². The van der Waals surface area contributed by atoms with E-state index in [0.29, 0.717) is 6.54 Å². The van der Waals surface area contributed by atoms with Crippen LogP contribution in [-0.2, 0) is 20.1 Å². The largest absolute Gasteiger partial charge is 0.478 e. The molecule has 2 rings (SSSR count). The van der Waals surface area contributed by atoms with E-state index in [1.807, 2.05) is 20.0 Å². The van der Waals surface area contributed by atoms with E-state index in [9.17, 15) is 9.59 Å².